The highest BCUT2D eigenvalue weighted by atomic mass is 16.5. The van der Waals surface area contributed by atoms with Gasteiger partial charge in [0.1, 0.15) is 23.7 Å². The smallest absolute Gasteiger partial charge is 0.224 e. The summed E-state index contributed by atoms with van der Waals surface area (Å²) in [4.78, 5) is 19.1. The number of nitriles is 1. The van der Waals surface area contributed by atoms with Gasteiger partial charge in [0.25, 0.3) is 0 Å². The van der Waals surface area contributed by atoms with Crippen LogP contribution in [0, 0.1) is 11.3 Å². The van der Waals surface area contributed by atoms with Gasteiger partial charge in [0.05, 0.1) is 36.8 Å². The molecule has 3 heterocycles. The van der Waals surface area contributed by atoms with Gasteiger partial charge in [-0.05, 0) is 37.0 Å². The van der Waals surface area contributed by atoms with Crippen molar-refractivity contribution in [1.29, 1.82) is 5.26 Å². The molecule has 2 fully saturated rings. The maximum absolute atomic E-state index is 9.65. The van der Waals surface area contributed by atoms with Crippen molar-refractivity contribution in [3.05, 3.63) is 47.7 Å². The van der Waals surface area contributed by atoms with Crippen LogP contribution in [0.2, 0.25) is 0 Å². The van der Waals surface area contributed by atoms with Gasteiger partial charge in [-0.2, -0.15) is 10.3 Å². The molecule has 0 radical (unpaired) electrons. The highest BCUT2D eigenvalue weighted by Crippen LogP contribution is 2.24. The van der Waals surface area contributed by atoms with Gasteiger partial charge in [-0.15, -0.1) is 0 Å². The maximum atomic E-state index is 9.65. The standard InChI is InChI=1S/C24H27N7O3/c1-26-23(16-3-5-21(17(11-16)12-25)34-20-7-9-33-10-8-20)30-24(27-2)29-18-4-6-22(28-13-18)31-14-19(32)15-31/h3-6,11,13,19-20,32H,1,7-10,14-15H2,2H3,(H,27,29). The van der Waals surface area contributed by atoms with Crippen LogP contribution in [0.3, 0.4) is 0 Å². The number of hydrogen-bond donors (Lipinski definition) is 2. The Labute approximate surface area is 198 Å². The Bertz CT molecular complexity index is 1110. The first kappa shape index (κ1) is 23.4. The maximum Gasteiger partial charge on any atom is 0.224 e. The number of amidine groups is 1. The van der Waals surface area contributed by atoms with E-state index in [0.29, 0.717) is 60.7 Å². The molecule has 0 unspecified atom stereocenters. The Hall–Kier alpha value is -3.81. The Morgan fingerprint density at radius 3 is 2.71 bits per heavy atom. The highest BCUT2D eigenvalue weighted by molar-refractivity contribution is 6.10. The molecule has 0 saturated carbocycles. The van der Waals surface area contributed by atoms with Gasteiger partial charge in [0.2, 0.25) is 5.96 Å². The summed E-state index contributed by atoms with van der Waals surface area (Å²) >= 11 is 0. The summed E-state index contributed by atoms with van der Waals surface area (Å²) in [6.07, 6.45) is 3.02. The molecule has 10 nitrogen and oxygen atoms in total. The summed E-state index contributed by atoms with van der Waals surface area (Å²) in [5.41, 5.74) is 1.73. The number of aromatic nitrogens is 1. The van der Waals surface area contributed by atoms with Crippen molar-refractivity contribution in [2.24, 2.45) is 15.0 Å². The van der Waals surface area contributed by atoms with Gasteiger partial charge < -0.3 is 24.8 Å². The number of guanidine groups is 1. The lowest BCUT2D eigenvalue weighted by Gasteiger charge is -2.36. The third-order valence-corrected chi connectivity index (χ3v) is 5.58. The average molecular weight is 462 g/mol. The predicted octanol–water partition coefficient (Wildman–Crippen LogP) is 2.24. The Morgan fingerprint density at radius 1 is 1.29 bits per heavy atom. The molecule has 0 bridgehead atoms. The van der Waals surface area contributed by atoms with Crippen LogP contribution < -0.4 is 15.0 Å². The van der Waals surface area contributed by atoms with Crippen molar-refractivity contribution < 1.29 is 14.6 Å². The first-order chi connectivity index (χ1) is 16.6. The summed E-state index contributed by atoms with van der Waals surface area (Å²) in [6.45, 7) is 6.12. The molecule has 2 N–H and O–H groups in total. The zero-order valence-corrected chi connectivity index (χ0v) is 19.0. The van der Waals surface area contributed by atoms with E-state index in [1.54, 1.807) is 31.4 Å². The zero-order chi connectivity index (χ0) is 23.9. The third-order valence-electron chi connectivity index (χ3n) is 5.58. The monoisotopic (exact) mass is 461 g/mol. The number of aliphatic hydroxyl groups excluding tert-OH is 1. The molecule has 34 heavy (non-hydrogen) atoms. The molecule has 1 aromatic heterocycles. The quantitative estimate of drug-likeness (QED) is 0.516. The summed E-state index contributed by atoms with van der Waals surface area (Å²) in [6, 6.07) is 11.2. The SMILES string of the molecule is C=NC(=NC(=NC)Nc1ccc(N2CC(O)C2)nc1)c1ccc(OC2CCOCC2)c(C#N)c1. The van der Waals surface area contributed by atoms with Crippen molar-refractivity contribution in [1.82, 2.24) is 4.98 Å². The molecule has 4 rings (SSSR count). The Morgan fingerprint density at radius 2 is 2.09 bits per heavy atom. The number of hydrogen-bond acceptors (Lipinski definition) is 7. The van der Waals surface area contributed by atoms with Crippen LogP contribution in [0.25, 0.3) is 0 Å². The molecule has 176 valence electrons. The summed E-state index contributed by atoms with van der Waals surface area (Å²) in [5, 5.41) is 22.2. The minimum absolute atomic E-state index is 0.0338. The van der Waals surface area contributed by atoms with Crippen molar-refractivity contribution in [2.75, 3.05) is 43.6 Å². The fourth-order valence-electron chi connectivity index (χ4n) is 3.68. The van der Waals surface area contributed by atoms with Gasteiger partial charge in [-0.1, -0.05) is 0 Å². The Balaban J connectivity index is 1.47. The minimum atomic E-state index is -0.290. The number of ether oxygens (including phenoxy) is 2. The van der Waals surface area contributed by atoms with Crippen LogP contribution in [0.5, 0.6) is 5.75 Å². The Kier molecular flexibility index (Phi) is 7.47. The van der Waals surface area contributed by atoms with Gasteiger partial charge in [-0.25, -0.2) is 9.98 Å². The third kappa shape index (κ3) is 5.57. The first-order valence-electron chi connectivity index (χ1n) is 11.1. The number of nitrogens with zero attached hydrogens (tertiary/aromatic N) is 6. The largest absolute Gasteiger partial charge is 0.489 e. The number of pyridine rings is 1. The van der Waals surface area contributed by atoms with Crippen molar-refractivity contribution in [2.45, 2.75) is 25.0 Å². The van der Waals surface area contributed by atoms with Crippen molar-refractivity contribution >= 4 is 30.0 Å². The molecule has 0 amide bonds. The van der Waals surface area contributed by atoms with E-state index in [2.05, 4.69) is 38.1 Å². The molecule has 2 aliphatic heterocycles. The number of anilines is 2. The van der Waals surface area contributed by atoms with E-state index in [0.717, 1.165) is 18.7 Å². The number of benzene rings is 1. The second-order valence-corrected chi connectivity index (χ2v) is 7.98. The zero-order valence-electron chi connectivity index (χ0n) is 19.0. The van der Waals surface area contributed by atoms with Crippen LogP contribution in [-0.2, 0) is 4.74 Å². The van der Waals surface area contributed by atoms with E-state index in [1.165, 1.54) is 0 Å². The lowest BCUT2D eigenvalue weighted by atomic mass is 10.1. The van der Waals surface area contributed by atoms with Gasteiger partial charge >= 0.3 is 0 Å². The molecule has 1 aromatic carbocycles. The van der Waals surface area contributed by atoms with E-state index in [4.69, 9.17) is 9.47 Å². The van der Waals surface area contributed by atoms with Crippen LogP contribution in [0.4, 0.5) is 11.5 Å². The van der Waals surface area contributed by atoms with Crippen LogP contribution in [-0.4, -0.2) is 74.2 Å². The molecule has 0 atom stereocenters. The number of aliphatic imine (C=N–C) groups is 3. The molecule has 0 spiro atoms. The molecule has 2 aliphatic rings. The molecule has 2 aromatic rings. The van der Waals surface area contributed by atoms with Crippen molar-refractivity contribution in [3.63, 3.8) is 0 Å². The predicted molar refractivity (Wildman–Crippen MR) is 131 cm³/mol. The first-order valence-corrected chi connectivity index (χ1v) is 11.1. The van der Waals surface area contributed by atoms with E-state index in [9.17, 15) is 10.4 Å². The van der Waals surface area contributed by atoms with Gasteiger partial charge in [0, 0.05) is 38.5 Å². The van der Waals surface area contributed by atoms with Gasteiger partial charge in [-0.3, -0.25) is 4.99 Å². The normalized spacial score (nSPS) is 17.6. The average Bonchev–Trinajstić information content (AvgIpc) is 2.86. The van der Waals surface area contributed by atoms with Crippen molar-refractivity contribution in [3.8, 4) is 11.8 Å². The molecular weight excluding hydrogens is 434 g/mol. The van der Waals surface area contributed by atoms with Crippen LogP contribution in [0.1, 0.15) is 24.0 Å². The number of rotatable bonds is 5. The van der Waals surface area contributed by atoms with E-state index < -0.39 is 0 Å². The topological polar surface area (TPSA) is 128 Å². The van der Waals surface area contributed by atoms with E-state index in [-0.39, 0.29) is 12.2 Å². The molecule has 2 saturated heterocycles. The number of aliphatic hydroxyl groups is 1. The molecule has 10 heteroatoms. The molecule has 0 aliphatic carbocycles. The number of nitrogens with one attached hydrogen (secondary N) is 1. The van der Waals surface area contributed by atoms with Crippen LogP contribution >= 0.6 is 0 Å². The van der Waals surface area contributed by atoms with Crippen LogP contribution in [0.15, 0.2) is 51.5 Å². The molecular formula is C24H27N7O3. The highest BCUT2D eigenvalue weighted by Gasteiger charge is 2.25. The number of β-amino-alcohol motifs (C(OH)–C–C–N with tert-alkyl or cyclic N) is 1. The van der Waals surface area contributed by atoms with E-state index >= 15 is 0 Å². The summed E-state index contributed by atoms with van der Waals surface area (Å²) < 4.78 is 11.4. The van der Waals surface area contributed by atoms with E-state index in [1.807, 2.05) is 17.0 Å². The second kappa shape index (κ2) is 10.9. The van der Waals surface area contributed by atoms with Gasteiger partial charge in [0.15, 0.2) is 5.84 Å². The lowest BCUT2D eigenvalue weighted by Crippen LogP contribution is -2.51. The summed E-state index contributed by atoms with van der Waals surface area (Å²) in [7, 11) is 1.61. The fourth-order valence-corrected chi connectivity index (χ4v) is 3.68. The lowest BCUT2D eigenvalue weighted by molar-refractivity contribution is 0.0254. The fraction of sp³-hybridized carbons (Fsp3) is 0.375. The second-order valence-electron chi connectivity index (χ2n) is 7.98. The summed E-state index contributed by atoms with van der Waals surface area (Å²) in [5.74, 6) is 1.97. The minimum Gasteiger partial charge on any atom is -0.489 e.